The quantitative estimate of drug-likeness (QED) is 0.625. The van der Waals surface area contributed by atoms with Crippen molar-refractivity contribution >= 4 is 21.7 Å². The van der Waals surface area contributed by atoms with Gasteiger partial charge in [-0.15, -0.1) is 0 Å². The molecule has 0 aromatic heterocycles. The molecular formula is C19H27BrO. The average molecular weight is 351 g/mol. The van der Waals surface area contributed by atoms with Gasteiger partial charge in [-0.1, -0.05) is 91.2 Å². The maximum atomic E-state index is 12.7. The molecule has 1 aromatic rings. The Bertz CT molecular complexity index is 415. The van der Waals surface area contributed by atoms with Gasteiger partial charge in [0.25, 0.3) is 0 Å². The molecule has 2 heteroatoms. The first-order chi connectivity index (χ1) is 10.3. The Morgan fingerprint density at radius 3 is 2.10 bits per heavy atom. The Balaban J connectivity index is 2.00. The highest BCUT2D eigenvalue weighted by Gasteiger charge is 2.24. The smallest absolute Gasteiger partial charge is 0.149 e. The lowest BCUT2D eigenvalue weighted by Gasteiger charge is -2.20. The minimum absolute atomic E-state index is 0.0608. The van der Waals surface area contributed by atoms with Crippen molar-refractivity contribution < 1.29 is 4.79 Å². The zero-order valence-electron chi connectivity index (χ0n) is 12.9. The molecule has 0 saturated heterocycles. The molecule has 2 atom stereocenters. The highest BCUT2D eigenvalue weighted by Crippen LogP contribution is 2.25. The van der Waals surface area contributed by atoms with Gasteiger partial charge < -0.3 is 0 Å². The second-order valence-corrected chi connectivity index (χ2v) is 7.41. The van der Waals surface area contributed by atoms with Crippen molar-refractivity contribution in [2.75, 3.05) is 0 Å². The van der Waals surface area contributed by atoms with Crippen LogP contribution >= 0.6 is 15.9 Å². The molecule has 1 aliphatic rings. The summed E-state index contributed by atoms with van der Waals surface area (Å²) in [5.74, 6) is 0.621. The van der Waals surface area contributed by atoms with Crippen LogP contribution in [-0.4, -0.2) is 10.6 Å². The van der Waals surface area contributed by atoms with Gasteiger partial charge in [0.15, 0.2) is 0 Å². The van der Waals surface area contributed by atoms with Crippen LogP contribution in [-0.2, 0) is 11.2 Å². The number of ketones is 1. The van der Waals surface area contributed by atoms with E-state index in [1.54, 1.807) is 0 Å². The lowest BCUT2D eigenvalue weighted by Crippen LogP contribution is -2.26. The third kappa shape index (κ3) is 5.94. The third-order valence-electron chi connectivity index (χ3n) is 4.55. The first kappa shape index (κ1) is 16.7. The summed E-state index contributed by atoms with van der Waals surface area (Å²) in [6, 6.07) is 10.5. The highest BCUT2D eigenvalue weighted by atomic mass is 79.9. The van der Waals surface area contributed by atoms with Crippen molar-refractivity contribution in [3.8, 4) is 0 Å². The van der Waals surface area contributed by atoms with E-state index in [0.29, 0.717) is 5.78 Å². The van der Waals surface area contributed by atoms with E-state index in [9.17, 15) is 4.79 Å². The predicted molar refractivity (Wildman–Crippen MR) is 92.9 cm³/mol. The van der Waals surface area contributed by atoms with Crippen molar-refractivity contribution in [3.63, 3.8) is 0 Å². The molecule has 0 unspecified atom stereocenters. The zero-order valence-corrected chi connectivity index (χ0v) is 14.5. The Labute approximate surface area is 137 Å². The molecule has 1 aliphatic carbocycles. The van der Waals surface area contributed by atoms with E-state index in [0.717, 1.165) is 19.3 Å². The number of hydrogen-bond acceptors (Lipinski definition) is 1. The van der Waals surface area contributed by atoms with E-state index in [4.69, 9.17) is 0 Å². The molecule has 0 spiro atoms. The largest absolute Gasteiger partial charge is 0.298 e. The Morgan fingerprint density at radius 1 is 0.857 bits per heavy atom. The zero-order chi connectivity index (χ0) is 14.9. The lowest BCUT2D eigenvalue weighted by atomic mass is 9.87. The molecule has 0 radical (unpaired) electrons. The first-order valence-electron chi connectivity index (χ1n) is 8.49. The fourth-order valence-corrected chi connectivity index (χ4v) is 3.94. The van der Waals surface area contributed by atoms with Gasteiger partial charge in [-0.05, 0) is 24.8 Å². The van der Waals surface area contributed by atoms with Gasteiger partial charge in [-0.2, -0.15) is 0 Å². The van der Waals surface area contributed by atoms with E-state index in [-0.39, 0.29) is 10.7 Å². The Morgan fingerprint density at radius 2 is 1.43 bits per heavy atom. The van der Waals surface area contributed by atoms with Crippen LogP contribution in [0.3, 0.4) is 0 Å². The van der Waals surface area contributed by atoms with Gasteiger partial charge >= 0.3 is 0 Å². The van der Waals surface area contributed by atoms with Crippen molar-refractivity contribution in [3.05, 3.63) is 35.9 Å². The molecule has 1 saturated carbocycles. The molecule has 0 bridgehead atoms. The van der Waals surface area contributed by atoms with Crippen LogP contribution in [0.1, 0.15) is 63.4 Å². The van der Waals surface area contributed by atoms with E-state index in [1.165, 1.54) is 50.5 Å². The summed E-state index contributed by atoms with van der Waals surface area (Å²) < 4.78 is 0. The fraction of sp³-hybridized carbons (Fsp3) is 0.632. The monoisotopic (exact) mass is 350 g/mol. The van der Waals surface area contributed by atoms with Crippen LogP contribution in [0.25, 0.3) is 0 Å². The summed E-state index contributed by atoms with van der Waals surface area (Å²) >= 11 is 3.65. The number of hydrogen-bond donors (Lipinski definition) is 0. The number of carbonyl (C=O) groups excluding carboxylic acids is 1. The predicted octanol–water partition coefficient (Wildman–Crippen LogP) is 5.70. The number of carbonyl (C=O) groups is 1. The molecule has 1 aromatic carbocycles. The Kier molecular flexibility index (Phi) is 7.49. The number of Topliss-reactive ketones (excluding diaryl/α,β-unsaturated/α-hetero) is 1. The van der Waals surface area contributed by atoms with E-state index in [2.05, 4.69) is 40.2 Å². The van der Waals surface area contributed by atoms with Crippen LogP contribution < -0.4 is 0 Å². The van der Waals surface area contributed by atoms with Crippen molar-refractivity contribution in [1.29, 1.82) is 0 Å². The van der Waals surface area contributed by atoms with Gasteiger partial charge in [0.1, 0.15) is 5.78 Å². The summed E-state index contributed by atoms with van der Waals surface area (Å²) in [4.78, 5) is 12.8. The van der Waals surface area contributed by atoms with Crippen LogP contribution in [0.2, 0.25) is 0 Å². The normalized spacial score (nSPS) is 25.9. The number of halogens is 1. The van der Waals surface area contributed by atoms with Crippen LogP contribution in [0.15, 0.2) is 30.3 Å². The van der Waals surface area contributed by atoms with Gasteiger partial charge in [-0.3, -0.25) is 4.79 Å². The summed E-state index contributed by atoms with van der Waals surface area (Å²) in [7, 11) is 0. The van der Waals surface area contributed by atoms with E-state index >= 15 is 0 Å². The molecule has 1 fully saturated rings. The maximum Gasteiger partial charge on any atom is 0.149 e. The van der Waals surface area contributed by atoms with Gasteiger partial charge in [0.05, 0.1) is 4.83 Å². The average Bonchev–Trinajstić information content (AvgIpc) is 2.51. The summed E-state index contributed by atoms with van der Waals surface area (Å²) in [6.07, 6.45) is 11.9. The topological polar surface area (TPSA) is 17.1 Å². The molecule has 0 N–H and O–H groups in total. The highest BCUT2D eigenvalue weighted by molar-refractivity contribution is 9.10. The molecule has 116 valence electrons. The second-order valence-electron chi connectivity index (χ2n) is 6.31. The molecule has 1 nitrogen and oxygen atoms in total. The molecule has 0 heterocycles. The minimum Gasteiger partial charge on any atom is -0.298 e. The molecular weight excluding hydrogens is 324 g/mol. The standard InChI is InChI=1S/C19H27BrO/c20-18-14-10-5-3-1-2-4-9-13-17(19(18)21)15-16-11-7-6-8-12-16/h6-8,11-12,17-18H,1-5,9-10,13-15H2/t17-,18+/m0/s1. The first-order valence-corrected chi connectivity index (χ1v) is 9.40. The number of rotatable bonds is 2. The summed E-state index contributed by atoms with van der Waals surface area (Å²) in [5, 5.41) is 0. The van der Waals surface area contributed by atoms with Gasteiger partial charge in [-0.25, -0.2) is 0 Å². The lowest BCUT2D eigenvalue weighted by molar-refractivity contribution is -0.122. The van der Waals surface area contributed by atoms with Crippen LogP contribution in [0.5, 0.6) is 0 Å². The van der Waals surface area contributed by atoms with Crippen molar-refractivity contribution in [1.82, 2.24) is 0 Å². The molecule has 21 heavy (non-hydrogen) atoms. The number of alkyl halides is 1. The van der Waals surface area contributed by atoms with E-state index < -0.39 is 0 Å². The van der Waals surface area contributed by atoms with Gasteiger partial charge in [0.2, 0.25) is 0 Å². The van der Waals surface area contributed by atoms with Crippen LogP contribution in [0.4, 0.5) is 0 Å². The maximum absolute atomic E-state index is 12.7. The van der Waals surface area contributed by atoms with Crippen LogP contribution in [0, 0.1) is 5.92 Å². The third-order valence-corrected chi connectivity index (χ3v) is 5.46. The second kappa shape index (κ2) is 9.40. The SMILES string of the molecule is O=C1[C@H](Cc2ccccc2)CCCCCCCCC[C@H]1Br. The van der Waals surface area contributed by atoms with Gasteiger partial charge in [0, 0.05) is 5.92 Å². The van der Waals surface area contributed by atoms with E-state index in [1.807, 2.05) is 6.07 Å². The summed E-state index contributed by atoms with van der Waals surface area (Å²) in [6.45, 7) is 0. The number of benzene rings is 1. The molecule has 0 amide bonds. The van der Waals surface area contributed by atoms with Crippen molar-refractivity contribution in [2.24, 2.45) is 5.92 Å². The molecule has 2 rings (SSSR count). The summed E-state index contributed by atoms with van der Waals surface area (Å²) in [5.41, 5.74) is 1.29. The van der Waals surface area contributed by atoms with Crippen molar-refractivity contribution in [2.45, 2.75) is 69.0 Å². The molecule has 0 aliphatic heterocycles. The Hall–Kier alpha value is -0.630. The fourth-order valence-electron chi connectivity index (χ4n) is 3.24. The minimum atomic E-state index is 0.0608.